The van der Waals surface area contributed by atoms with Gasteiger partial charge >= 0.3 is 6.03 Å². The molecule has 0 saturated heterocycles. The lowest BCUT2D eigenvalue weighted by atomic mass is 9.92. The molecule has 6 nitrogen and oxygen atoms in total. The van der Waals surface area contributed by atoms with Crippen molar-refractivity contribution >= 4 is 23.3 Å². The molecule has 2 aromatic carbocycles. The van der Waals surface area contributed by atoms with E-state index in [0.717, 1.165) is 5.69 Å². The fourth-order valence-electron chi connectivity index (χ4n) is 2.90. The van der Waals surface area contributed by atoms with Crippen LogP contribution in [0.2, 0.25) is 0 Å². The third-order valence-corrected chi connectivity index (χ3v) is 4.23. The summed E-state index contributed by atoms with van der Waals surface area (Å²) < 4.78 is 5.32. The summed E-state index contributed by atoms with van der Waals surface area (Å²) in [6.45, 7) is 7.09. The van der Waals surface area contributed by atoms with Crippen LogP contribution >= 0.6 is 0 Å². The Labute approximate surface area is 173 Å². The first-order valence-corrected chi connectivity index (χ1v) is 9.83. The third kappa shape index (κ3) is 7.49. The zero-order valence-corrected chi connectivity index (χ0v) is 17.7. The molecule has 0 radical (unpaired) electrons. The number of hydrogen-bond donors (Lipinski definition) is 2. The second-order valence-electron chi connectivity index (χ2n) is 8.06. The molecule has 156 valence electrons. The molecule has 0 saturated carbocycles. The molecule has 0 atom stereocenters. The van der Waals surface area contributed by atoms with Crippen molar-refractivity contribution in [2.45, 2.75) is 33.6 Å². The summed E-state index contributed by atoms with van der Waals surface area (Å²) >= 11 is 0. The van der Waals surface area contributed by atoms with E-state index in [1.165, 1.54) is 0 Å². The Morgan fingerprint density at radius 3 is 2.31 bits per heavy atom. The first-order chi connectivity index (χ1) is 13.8. The van der Waals surface area contributed by atoms with E-state index in [9.17, 15) is 9.59 Å². The number of anilines is 2. The van der Waals surface area contributed by atoms with Gasteiger partial charge in [-0.05, 0) is 36.1 Å². The van der Waals surface area contributed by atoms with Crippen molar-refractivity contribution in [2.24, 2.45) is 5.41 Å². The molecule has 6 heteroatoms. The van der Waals surface area contributed by atoms with Crippen molar-refractivity contribution in [1.29, 1.82) is 0 Å². The zero-order chi connectivity index (χ0) is 21.3. The molecule has 0 aliphatic carbocycles. The molecule has 3 amide bonds. The van der Waals surface area contributed by atoms with Gasteiger partial charge in [-0.25, -0.2) is 4.79 Å². The van der Waals surface area contributed by atoms with Crippen LogP contribution in [0.25, 0.3) is 0 Å². The van der Waals surface area contributed by atoms with Gasteiger partial charge in [0.15, 0.2) is 0 Å². The summed E-state index contributed by atoms with van der Waals surface area (Å²) in [7, 11) is 1.57. The fraction of sp³-hybridized carbons (Fsp3) is 0.391. The third-order valence-electron chi connectivity index (χ3n) is 4.23. The van der Waals surface area contributed by atoms with Gasteiger partial charge in [0, 0.05) is 25.2 Å². The molecule has 0 unspecified atom stereocenters. The molecule has 2 rings (SSSR count). The quantitative estimate of drug-likeness (QED) is 0.636. The lowest BCUT2D eigenvalue weighted by Crippen LogP contribution is -2.37. The topological polar surface area (TPSA) is 70.7 Å². The summed E-state index contributed by atoms with van der Waals surface area (Å²) in [5, 5.41) is 5.85. The number of methoxy groups -OCH3 is 1. The average Bonchev–Trinajstić information content (AvgIpc) is 2.67. The van der Waals surface area contributed by atoms with Crippen molar-refractivity contribution in [1.82, 2.24) is 5.32 Å². The van der Waals surface area contributed by atoms with Gasteiger partial charge in [0.1, 0.15) is 5.75 Å². The number of carbonyl (C=O) groups excluding carboxylic acids is 2. The van der Waals surface area contributed by atoms with Crippen molar-refractivity contribution in [2.75, 3.05) is 30.4 Å². The minimum atomic E-state index is -0.248. The first-order valence-electron chi connectivity index (χ1n) is 9.83. The highest BCUT2D eigenvalue weighted by Gasteiger charge is 2.18. The van der Waals surface area contributed by atoms with Crippen LogP contribution in [-0.2, 0) is 4.79 Å². The average molecular weight is 398 g/mol. The number of nitrogens with zero attached hydrogens (tertiary/aromatic N) is 1. The smallest absolute Gasteiger partial charge is 0.326 e. The van der Waals surface area contributed by atoms with E-state index in [0.29, 0.717) is 37.4 Å². The van der Waals surface area contributed by atoms with Crippen LogP contribution in [0, 0.1) is 5.41 Å². The number of amides is 3. The van der Waals surface area contributed by atoms with Crippen molar-refractivity contribution in [3.8, 4) is 5.75 Å². The van der Waals surface area contributed by atoms with E-state index in [4.69, 9.17) is 4.74 Å². The Bertz CT molecular complexity index is 801. The SMILES string of the molecule is COc1ccccc1NC(=O)N(CCCNC(=O)CC(C)(C)C)c1ccccc1. The lowest BCUT2D eigenvalue weighted by Gasteiger charge is -2.24. The maximum atomic E-state index is 13.0. The molecule has 0 aliphatic heterocycles. The van der Waals surface area contributed by atoms with Gasteiger partial charge in [0.2, 0.25) is 5.91 Å². The first kappa shape index (κ1) is 22.3. The number of carbonyl (C=O) groups is 2. The van der Waals surface area contributed by atoms with Crippen LogP contribution in [0.5, 0.6) is 5.75 Å². The summed E-state index contributed by atoms with van der Waals surface area (Å²) in [5.41, 5.74) is 1.36. The highest BCUT2D eigenvalue weighted by atomic mass is 16.5. The molecular weight excluding hydrogens is 366 g/mol. The minimum Gasteiger partial charge on any atom is -0.495 e. The number of para-hydroxylation sites is 3. The minimum absolute atomic E-state index is 0.0298. The predicted octanol–water partition coefficient (Wildman–Crippen LogP) is 4.68. The second kappa shape index (κ2) is 10.5. The van der Waals surface area contributed by atoms with Gasteiger partial charge < -0.3 is 15.4 Å². The number of benzene rings is 2. The summed E-state index contributed by atoms with van der Waals surface area (Å²) in [4.78, 5) is 26.6. The van der Waals surface area contributed by atoms with Crippen LogP contribution in [0.3, 0.4) is 0 Å². The lowest BCUT2D eigenvalue weighted by molar-refractivity contribution is -0.122. The largest absolute Gasteiger partial charge is 0.495 e. The van der Waals surface area contributed by atoms with Crippen LogP contribution in [0.1, 0.15) is 33.6 Å². The van der Waals surface area contributed by atoms with Gasteiger partial charge in [-0.3, -0.25) is 9.69 Å². The van der Waals surface area contributed by atoms with Crippen molar-refractivity contribution < 1.29 is 14.3 Å². The second-order valence-corrected chi connectivity index (χ2v) is 8.06. The molecule has 0 heterocycles. The van der Waals surface area contributed by atoms with E-state index in [-0.39, 0.29) is 17.4 Å². The van der Waals surface area contributed by atoms with E-state index in [1.807, 2.05) is 63.2 Å². The number of urea groups is 1. The standard InChI is InChI=1S/C23H31N3O3/c1-23(2,3)17-21(27)24-15-10-16-26(18-11-6-5-7-12-18)22(28)25-19-13-8-9-14-20(19)29-4/h5-9,11-14H,10,15-17H2,1-4H3,(H,24,27)(H,25,28). The highest BCUT2D eigenvalue weighted by Crippen LogP contribution is 2.24. The molecule has 0 fully saturated rings. The molecule has 0 spiro atoms. The summed E-state index contributed by atoms with van der Waals surface area (Å²) in [5.74, 6) is 0.630. The molecule has 2 N–H and O–H groups in total. The van der Waals surface area contributed by atoms with Crippen LogP contribution < -0.4 is 20.3 Å². The molecule has 0 aromatic heterocycles. The number of hydrogen-bond acceptors (Lipinski definition) is 3. The maximum Gasteiger partial charge on any atom is 0.326 e. The summed E-state index contributed by atoms with van der Waals surface area (Å²) in [6, 6.07) is 16.5. The number of nitrogens with one attached hydrogen (secondary N) is 2. The number of ether oxygens (including phenoxy) is 1. The predicted molar refractivity (Wildman–Crippen MR) is 117 cm³/mol. The van der Waals surface area contributed by atoms with Crippen molar-refractivity contribution in [3.63, 3.8) is 0 Å². The molecular formula is C23H31N3O3. The normalized spacial score (nSPS) is 10.9. The Morgan fingerprint density at radius 1 is 1.00 bits per heavy atom. The Kier molecular flexibility index (Phi) is 8.07. The van der Waals surface area contributed by atoms with Gasteiger partial charge in [0.05, 0.1) is 12.8 Å². The molecule has 0 aliphatic rings. The van der Waals surface area contributed by atoms with E-state index in [1.54, 1.807) is 24.1 Å². The van der Waals surface area contributed by atoms with Gasteiger partial charge in [-0.1, -0.05) is 51.1 Å². The maximum absolute atomic E-state index is 13.0. The Balaban J connectivity index is 2.00. The van der Waals surface area contributed by atoms with Crippen LogP contribution in [0.15, 0.2) is 54.6 Å². The molecule has 2 aromatic rings. The Morgan fingerprint density at radius 2 is 1.66 bits per heavy atom. The number of rotatable bonds is 8. The van der Waals surface area contributed by atoms with E-state index < -0.39 is 0 Å². The van der Waals surface area contributed by atoms with Crippen LogP contribution in [0.4, 0.5) is 16.2 Å². The highest BCUT2D eigenvalue weighted by molar-refractivity contribution is 6.02. The zero-order valence-electron chi connectivity index (χ0n) is 17.7. The summed E-state index contributed by atoms with van der Waals surface area (Å²) in [6.07, 6.45) is 1.12. The molecule has 29 heavy (non-hydrogen) atoms. The molecule has 0 bridgehead atoms. The van der Waals surface area contributed by atoms with Gasteiger partial charge in [-0.15, -0.1) is 0 Å². The van der Waals surface area contributed by atoms with E-state index >= 15 is 0 Å². The van der Waals surface area contributed by atoms with Gasteiger partial charge in [0.25, 0.3) is 0 Å². The fourth-order valence-corrected chi connectivity index (χ4v) is 2.90. The Hall–Kier alpha value is -3.02. The van der Waals surface area contributed by atoms with E-state index in [2.05, 4.69) is 10.6 Å². The van der Waals surface area contributed by atoms with Crippen molar-refractivity contribution in [3.05, 3.63) is 54.6 Å². The van der Waals surface area contributed by atoms with Gasteiger partial charge in [-0.2, -0.15) is 0 Å². The van der Waals surface area contributed by atoms with Crippen LogP contribution in [-0.4, -0.2) is 32.1 Å². The monoisotopic (exact) mass is 397 g/mol.